The first-order chi connectivity index (χ1) is 14.1. The summed E-state index contributed by atoms with van der Waals surface area (Å²) in [6.07, 6.45) is 10.5. The molecular weight excluding hydrogens is 360 g/mol. The Hall–Kier alpha value is -3.41. The smallest absolute Gasteiger partial charge is 0.286 e. The van der Waals surface area contributed by atoms with Gasteiger partial charge in [-0.1, -0.05) is 36.4 Å². The Kier molecular flexibility index (Phi) is 5.42. The molecule has 0 bridgehead atoms. The molecule has 4 rings (SSSR count). The van der Waals surface area contributed by atoms with Gasteiger partial charge in [0, 0.05) is 19.2 Å². The Labute approximate surface area is 171 Å². The minimum absolute atomic E-state index is 0.501. The molecule has 1 aliphatic heterocycles. The first-order valence-electron chi connectivity index (χ1n) is 9.98. The quantitative estimate of drug-likeness (QED) is 0.324. The van der Waals surface area contributed by atoms with Gasteiger partial charge in [0.1, 0.15) is 11.9 Å². The lowest BCUT2D eigenvalue weighted by atomic mass is 10.1. The third-order valence-corrected chi connectivity index (χ3v) is 5.38. The van der Waals surface area contributed by atoms with Crippen LogP contribution in [0, 0.1) is 6.92 Å². The third-order valence-electron chi connectivity index (χ3n) is 5.38. The van der Waals surface area contributed by atoms with Crippen LogP contribution in [-0.2, 0) is 7.05 Å². The van der Waals surface area contributed by atoms with E-state index in [4.69, 9.17) is 5.73 Å². The van der Waals surface area contributed by atoms with E-state index >= 15 is 0 Å². The van der Waals surface area contributed by atoms with Crippen LogP contribution < -0.4 is 10.3 Å². The van der Waals surface area contributed by atoms with Crippen LogP contribution in [0.15, 0.2) is 58.9 Å². The van der Waals surface area contributed by atoms with Gasteiger partial charge in [-0.2, -0.15) is 9.50 Å². The highest BCUT2D eigenvalue weighted by molar-refractivity contribution is 5.83. The minimum atomic E-state index is 0.501. The monoisotopic (exact) mass is 387 g/mol. The molecule has 29 heavy (non-hydrogen) atoms. The molecule has 0 saturated carbocycles. The van der Waals surface area contributed by atoms with Crippen LogP contribution in [0.4, 0.5) is 0 Å². The maximum Gasteiger partial charge on any atom is 0.286 e. The van der Waals surface area contributed by atoms with Gasteiger partial charge in [0.15, 0.2) is 5.69 Å². The first kappa shape index (κ1) is 18.9. The molecular formula is C23H27N6+. The van der Waals surface area contributed by atoms with Gasteiger partial charge in [-0.25, -0.2) is 4.57 Å². The largest absolute Gasteiger partial charge is 0.368 e. The Balaban J connectivity index is 1.44. The van der Waals surface area contributed by atoms with E-state index in [1.54, 1.807) is 6.21 Å². The fourth-order valence-electron chi connectivity index (χ4n) is 3.60. The fourth-order valence-corrected chi connectivity index (χ4v) is 3.60. The van der Waals surface area contributed by atoms with Crippen LogP contribution in [0.3, 0.4) is 0 Å². The van der Waals surface area contributed by atoms with Crippen LogP contribution >= 0.6 is 0 Å². The highest BCUT2D eigenvalue weighted by Gasteiger charge is 2.13. The van der Waals surface area contributed by atoms with Gasteiger partial charge in [0.05, 0.1) is 13.3 Å². The molecule has 148 valence electrons. The molecule has 0 atom stereocenters. The van der Waals surface area contributed by atoms with Crippen LogP contribution in [0.5, 0.6) is 0 Å². The second-order valence-corrected chi connectivity index (χ2v) is 7.41. The summed E-state index contributed by atoms with van der Waals surface area (Å²) in [6, 6.07) is 14.5. The number of rotatable bonds is 4. The predicted molar refractivity (Wildman–Crippen MR) is 119 cm³/mol. The predicted octanol–water partition coefficient (Wildman–Crippen LogP) is 2.99. The van der Waals surface area contributed by atoms with Crippen molar-refractivity contribution in [2.75, 3.05) is 13.1 Å². The Morgan fingerprint density at radius 1 is 1.03 bits per heavy atom. The SMILES string of the molecule is Cc1cccc2n1cc(/C=C/c1ccc(/C=N/N=C(\N)N3CCCC3)cc1)[n+]2C. The standard InChI is InChI=1S/C23H27N6/c1-18-6-5-7-22-27(2)21(17-29(18)22)13-12-19-8-10-20(11-9-19)16-25-26-23(24)28-14-3-4-15-28/h5-13,16-17H,3-4,14-15H2,1-2H3,(H2,24,26)/q+1/b13-12+,25-16+. The molecule has 2 N–H and O–H groups in total. The van der Waals surface area contributed by atoms with Crippen molar-refractivity contribution in [2.45, 2.75) is 19.8 Å². The molecule has 0 aliphatic carbocycles. The number of likely N-dealkylation sites (tertiary alicyclic amines) is 1. The number of hydrogen-bond acceptors (Lipinski definition) is 2. The van der Waals surface area contributed by atoms with Crippen molar-refractivity contribution in [1.29, 1.82) is 0 Å². The van der Waals surface area contributed by atoms with Crippen molar-refractivity contribution in [2.24, 2.45) is 23.0 Å². The molecule has 0 spiro atoms. The van der Waals surface area contributed by atoms with E-state index in [2.05, 4.69) is 86.7 Å². The Morgan fingerprint density at radius 2 is 1.76 bits per heavy atom. The molecule has 1 saturated heterocycles. The highest BCUT2D eigenvalue weighted by atomic mass is 15.3. The van der Waals surface area contributed by atoms with Crippen molar-refractivity contribution in [1.82, 2.24) is 9.30 Å². The summed E-state index contributed by atoms with van der Waals surface area (Å²) in [5.41, 5.74) is 11.6. The van der Waals surface area contributed by atoms with E-state index in [0.717, 1.165) is 29.9 Å². The van der Waals surface area contributed by atoms with Gasteiger partial charge in [0.25, 0.3) is 5.65 Å². The lowest BCUT2D eigenvalue weighted by molar-refractivity contribution is -0.646. The molecule has 0 amide bonds. The highest BCUT2D eigenvalue weighted by Crippen LogP contribution is 2.11. The van der Waals surface area contributed by atoms with E-state index in [9.17, 15) is 0 Å². The molecule has 1 fully saturated rings. The molecule has 2 aromatic heterocycles. The molecule has 6 nitrogen and oxygen atoms in total. The summed E-state index contributed by atoms with van der Waals surface area (Å²) in [4.78, 5) is 2.07. The number of hydrogen-bond donors (Lipinski definition) is 1. The number of benzene rings is 1. The van der Waals surface area contributed by atoms with Crippen molar-refractivity contribution >= 4 is 30.0 Å². The normalized spacial score (nSPS) is 15.4. The van der Waals surface area contributed by atoms with Crippen molar-refractivity contribution in [3.63, 3.8) is 0 Å². The second-order valence-electron chi connectivity index (χ2n) is 7.41. The number of aromatic nitrogens is 2. The molecule has 0 radical (unpaired) electrons. The van der Waals surface area contributed by atoms with Crippen LogP contribution in [0.1, 0.15) is 35.4 Å². The van der Waals surface area contributed by atoms with E-state index in [1.807, 2.05) is 12.1 Å². The summed E-state index contributed by atoms with van der Waals surface area (Å²) < 4.78 is 4.39. The summed E-state index contributed by atoms with van der Waals surface area (Å²) in [5, 5.41) is 8.23. The van der Waals surface area contributed by atoms with Gasteiger partial charge in [-0.15, -0.1) is 5.10 Å². The Bertz CT molecular complexity index is 1080. The van der Waals surface area contributed by atoms with Crippen LogP contribution in [0.2, 0.25) is 0 Å². The number of nitrogens with two attached hydrogens (primary N) is 1. The van der Waals surface area contributed by atoms with Crippen molar-refractivity contribution in [3.8, 4) is 0 Å². The Morgan fingerprint density at radius 3 is 2.48 bits per heavy atom. The van der Waals surface area contributed by atoms with Gasteiger partial charge < -0.3 is 10.6 Å². The average Bonchev–Trinajstić information content (AvgIpc) is 3.37. The lowest BCUT2D eigenvalue weighted by Gasteiger charge is -2.13. The number of guanidine groups is 1. The topological polar surface area (TPSA) is 62.3 Å². The molecule has 1 aliphatic rings. The number of nitrogens with zero attached hydrogens (tertiary/aromatic N) is 5. The maximum atomic E-state index is 5.96. The number of imidazole rings is 1. The fraction of sp³-hybridized carbons (Fsp3) is 0.261. The summed E-state index contributed by atoms with van der Waals surface area (Å²) in [6.45, 7) is 4.06. The van der Waals surface area contributed by atoms with E-state index in [-0.39, 0.29) is 0 Å². The summed E-state index contributed by atoms with van der Waals surface area (Å²) in [5.74, 6) is 0.501. The number of pyridine rings is 1. The van der Waals surface area contributed by atoms with Gasteiger partial charge in [0.2, 0.25) is 5.96 Å². The van der Waals surface area contributed by atoms with Crippen molar-refractivity contribution in [3.05, 3.63) is 71.2 Å². The van der Waals surface area contributed by atoms with Gasteiger partial charge in [-0.3, -0.25) is 0 Å². The summed E-state index contributed by atoms with van der Waals surface area (Å²) >= 11 is 0. The molecule has 0 unspecified atom stereocenters. The van der Waals surface area contributed by atoms with Crippen LogP contribution in [-0.4, -0.2) is 34.6 Å². The molecule has 3 heterocycles. The zero-order valence-electron chi connectivity index (χ0n) is 17.0. The zero-order chi connectivity index (χ0) is 20.2. The average molecular weight is 388 g/mol. The van der Waals surface area contributed by atoms with Gasteiger partial charge in [-0.05, 0) is 43.0 Å². The lowest BCUT2D eigenvalue weighted by Crippen LogP contribution is -2.34. The van der Waals surface area contributed by atoms with E-state index in [1.165, 1.54) is 24.2 Å². The third kappa shape index (κ3) is 4.21. The van der Waals surface area contributed by atoms with Crippen LogP contribution in [0.25, 0.3) is 17.8 Å². The maximum absolute atomic E-state index is 5.96. The van der Waals surface area contributed by atoms with Gasteiger partial charge >= 0.3 is 0 Å². The number of fused-ring (bicyclic) bond motifs is 1. The molecule has 3 aromatic rings. The summed E-state index contributed by atoms with van der Waals surface area (Å²) in [7, 11) is 2.09. The number of aryl methyl sites for hydroxylation is 2. The van der Waals surface area contributed by atoms with Crippen molar-refractivity contribution < 1.29 is 4.57 Å². The minimum Gasteiger partial charge on any atom is -0.368 e. The zero-order valence-corrected chi connectivity index (χ0v) is 17.0. The molecule has 6 heteroatoms. The first-order valence-corrected chi connectivity index (χ1v) is 9.98. The molecule has 1 aromatic carbocycles. The van der Waals surface area contributed by atoms with E-state index < -0.39 is 0 Å². The second kappa shape index (κ2) is 8.31. The van der Waals surface area contributed by atoms with E-state index in [0.29, 0.717) is 5.96 Å².